The Morgan fingerprint density at radius 1 is 1.52 bits per heavy atom. The summed E-state index contributed by atoms with van der Waals surface area (Å²) in [5.41, 5.74) is -0.750. The van der Waals surface area contributed by atoms with Crippen LogP contribution in [0.4, 0.5) is 0 Å². The third-order valence-electron chi connectivity index (χ3n) is 4.54. The van der Waals surface area contributed by atoms with Crippen LogP contribution in [0.15, 0.2) is 0 Å². The molecule has 1 saturated carbocycles. The van der Waals surface area contributed by atoms with Gasteiger partial charge in [-0.3, -0.25) is 9.48 Å². The number of aliphatic carboxylic acids is 1. The van der Waals surface area contributed by atoms with Crippen LogP contribution >= 0.6 is 0 Å². The Morgan fingerprint density at radius 2 is 2.29 bits per heavy atom. The van der Waals surface area contributed by atoms with Crippen molar-refractivity contribution < 1.29 is 9.90 Å². The van der Waals surface area contributed by atoms with E-state index in [0.29, 0.717) is 0 Å². The van der Waals surface area contributed by atoms with E-state index in [9.17, 15) is 9.90 Å². The normalized spacial score (nSPS) is 25.4. The summed E-state index contributed by atoms with van der Waals surface area (Å²) in [6, 6.07) is 0. The van der Waals surface area contributed by atoms with Gasteiger partial charge in [-0.2, -0.15) is 5.10 Å². The van der Waals surface area contributed by atoms with E-state index < -0.39 is 11.5 Å². The lowest BCUT2D eigenvalue weighted by Crippen LogP contribution is -2.55. The molecule has 6 nitrogen and oxygen atoms in total. The van der Waals surface area contributed by atoms with E-state index in [0.717, 1.165) is 56.8 Å². The Morgan fingerprint density at radius 3 is 2.86 bits per heavy atom. The van der Waals surface area contributed by atoms with E-state index in [1.54, 1.807) is 0 Å². The fourth-order valence-electron chi connectivity index (χ4n) is 3.46. The number of carbonyl (C=O) groups is 1. The number of nitrogens with one attached hydrogen (secondary N) is 1. The smallest absolute Gasteiger partial charge is 0.324 e. The minimum atomic E-state index is -0.750. The van der Waals surface area contributed by atoms with Crippen LogP contribution in [0.2, 0.25) is 0 Å². The minimum absolute atomic E-state index is 0.158. The number of carboxylic acids is 1. The highest BCUT2D eigenvalue weighted by Crippen LogP contribution is 2.38. The van der Waals surface area contributed by atoms with Crippen LogP contribution in [0.1, 0.15) is 50.7 Å². The molecular formula is C15H26N4O2. The van der Waals surface area contributed by atoms with Gasteiger partial charge in [0.2, 0.25) is 0 Å². The van der Waals surface area contributed by atoms with Crippen LogP contribution in [0.25, 0.3) is 0 Å². The predicted molar refractivity (Wildman–Crippen MR) is 80.1 cm³/mol. The van der Waals surface area contributed by atoms with Crippen molar-refractivity contribution in [3.63, 3.8) is 0 Å². The first-order chi connectivity index (χ1) is 9.99. The first kappa shape index (κ1) is 15.9. The number of carboxylic acid groups (broad SMARTS) is 1. The van der Waals surface area contributed by atoms with E-state index in [4.69, 9.17) is 0 Å². The van der Waals surface area contributed by atoms with Gasteiger partial charge in [-0.25, -0.2) is 4.98 Å². The molecule has 2 unspecified atom stereocenters. The summed E-state index contributed by atoms with van der Waals surface area (Å²) in [5, 5.41) is 17.4. The molecule has 1 heterocycles. The van der Waals surface area contributed by atoms with Gasteiger partial charge in [-0.1, -0.05) is 13.3 Å². The number of hydrogen-bond donors (Lipinski definition) is 2. The molecule has 6 heteroatoms. The summed E-state index contributed by atoms with van der Waals surface area (Å²) >= 11 is 0. The van der Waals surface area contributed by atoms with Crippen molar-refractivity contribution in [2.24, 2.45) is 5.92 Å². The quantitative estimate of drug-likeness (QED) is 0.803. The summed E-state index contributed by atoms with van der Waals surface area (Å²) < 4.78 is 1.89. The molecule has 2 rings (SSSR count). The van der Waals surface area contributed by atoms with Gasteiger partial charge in [-0.05, 0) is 52.0 Å². The average molecular weight is 294 g/mol. The van der Waals surface area contributed by atoms with Crippen molar-refractivity contribution in [3.8, 4) is 0 Å². The van der Waals surface area contributed by atoms with Crippen molar-refractivity contribution in [1.82, 2.24) is 20.1 Å². The second-order valence-electron chi connectivity index (χ2n) is 6.01. The molecule has 2 atom stereocenters. The van der Waals surface area contributed by atoms with Gasteiger partial charge in [0.25, 0.3) is 0 Å². The third-order valence-corrected chi connectivity index (χ3v) is 4.54. The zero-order chi connectivity index (χ0) is 15.5. The van der Waals surface area contributed by atoms with Crippen LogP contribution in [0.5, 0.6) is 0 Å². The summed E-state index contributed by atoms with van der Waals surface area (Å²) in [4.78, 5) is 16.1. The summed E-state index contributed by atoms with van der Waals surface area (Å²) in [5.74, 6) is 1.12. The molecule has 0 aromatic carbocycles. The molecule has 0 bridgehead atoms. The van der Waals surface area contributed by atoms with Crippen molar-refractivity contribution in [2.45, 2.75) is 65.0 Å². The van der Waals surface area contributed by atoms with Gasteiger partial charge in [0.1, 0.15) is 17.2 Å². The molecule has 0 aliphatic heterocycles. The molecule has 0 spiro atoms. The number of rotatable bonds is 7. The molecule has 1 aromatic heterocycles. The first-order valence-electron chi connectivity index (χ1n) is 7.86. The van der Waals surface area contributed by atoms with Crippen LogP contribution in [-0.2, 0) is 11.3 Å². The molecule has 0 saturated heterocycles. The standard InChI is InChI=1S/C15H26N4O2/c1-4-9-16-15(14(20)21)8-5-6-13(15)7-10-19-12(3)17-11(2)18-19/h13,16H,4-10H2,1-3H3,(H,20,21). The van der Waals surface area contributed by atoms with Gasteiger partial charge in [0, 0.05) is 6.54 Å². The van der Waals surface area contributed by atoms with E-state index in [2.05, 4.69) is 22.3 Å². The van der Waals surface area contributed by atoms with Crippen molar-refractivity contribution in [2.75, 3.05) is 6.54 Å². The Hall–Kier alpha value is -1.43. The number of nitrogens with zero attached hydrogens (tertiary/aromatic N) is 3. The SMILES string of the molecule is CCCNC1(C(=O)O)CCCC1CCn1nc(C)nc1C. The molecule has 1 aromatic rings. The molecule has 0 radical (unpaired) electrons. The van der Waals surface area contributed by atoms with Crippen molar-refractivity contribution in [1.29, 1.82) is 0 Å². The second kappa shape index (κ2) is 6.56. The van der Waals surface area contributed by atoms with Crippen LogP contribution in [0.3, 0.4) is 0 Å². The fourth-order valence-corrected chi connectivity index (χ4v) is 3.46. The second-order valence-corrected chi connectivity index (χ2v) is 6.01. The molecule has 1 fully saturated rings. The highest BCUT2D eigenvalue weighted by atomic mass is 16.4. The maximum atomic E-state index is 11.8. The Labute approximate surface area is 126 Å². The maximum absolute atomic E-state index is 11.8. The van der Waals surface area contributed by atoms with Crippen molar-refractivity contribution in [3.05, 3.63) is 11.6 Å². The van der Waals surface area contributed by atoms with Gasteiger partial charge < -0.3 is 10.4 Å². The first-order valence-corrected chi connectivity index (χ1v) is 7.86. The average Bonchev–Trinajstić information content (AvgIpc) is 2.98. The number of aryl methyl sites for hydroxylation is 3. The number of hydrogen-bond acceptors (Lipinski definition) is 4. The zero-order valence-corrected chi connectivity index (χ0v) is 13.2. The van der Waals surface area contributed by atoms with Gasteiger partial charge in [0.05, 0.1) is 0 Å². The fraction of sp³-hybridized carbons (Fsp3) is 0.800. The van der Waals surface area contributed by atoms with Gasteiger partial charge >= 0.3 is 5.97 Å². The van der Waals surface area contributed by atoms with Crippen LogP contribution in [0, 0.1) is 19.8 Å². The topological polar surface area (TPSA) is 80.0 Å². The summed E-state index contributed by atoms with van der Waals surface area (Å²) in [6.07, 6.45) is 4.44. The van der Waals surface area contributed by atoms with Gasteiger partial charge in [0.15, 0.2) is 0 Å². The maximum Gasteiger partial charge on any atom is 0.324 e. The molecule has 118 valence electrons. The van der Waals surface area contributed by atoms with E-state index in [1.165, 1.54) is 0 Å². The van der Waals surface area contributed by atoms with E-state index in [-0.39, 0.29) is 5.92 Å². The Bertz CT molecular complexity index is 500. The van der Waals surface area contributed by atoms with Crippen molar-refractivity contribution >= 4 is 5.97 Å². The molecule has 1 aliphatic carbocycles. The van der Waals surface area contributed by atoms with E-state index >= 15 is 0 Å². The predicted octanol–water partition coefficient (Wildman–Crippen LogP) is 1.91. The van der Waals surface area contributed by atoms with Gasteiger partial charge in [-0.15, -0.1) is 0 Å². The number of aromatic nitrogens is 3. The monoisotopic (exact) mass is 294 g/mol. The summed E-state index contributed by atoms with van der Waals surface area (Å²) in [7, 11) is 0. The minimum Gasteiger partial charge on any atom is -0.480 e. The molecule has 2 N–H and O–H groups in total. The lowest BCUT2D eigenvalue weighted by Gasteiger charge is -2.32. The van der Waals surface area contributed by atoms with Crippen LogP contribution in [-0.4, -0.2) is 37.9 Å². The lowest BCUT2D eigenvalue weighted by atomic mass is 9.84. The molecule has 0 amide bonds. The van der Waals surface area contributed by atoms with Crippen LogP contribution < -0.4 is 5.32 Å². The zero-order valence-electron chi connectivity index (χ0n) is 13.2. The lowest BCUT2D eigenvalue weighted by molar-refractivity contribution is -0.146. The highest BCUT2D eigenvalue weighted by molar-refractivity contribution is 5.79. The largest absolute Gasteiger partial charge is 0.480 e. The Kier molecular flexibility index (Phi) is 4.98. The summed E-state index contributed by atoms with van der Waals surface area (Å²) in [6.45, 7) is 7.37. The Balaban J connectivity index is 2.06. The van der Waals surface area contributed by atoms with E-state index in [1.807, 2.05) is 18.5 Å². The molecular weight excluding hydrogens is 268 g/mol. The third kappa shape index (κ3) is 3.26. The molecule has 1 aliphatic rings. The highest BCUT2D eigenvalue weighted by Gasteiger charge is 2.48. The molecule has 21 heavy (non-hydrogen) atoms.